The Hall–Kier alpha value is -1.75. The Kier molecular flexibility index (Phi) is 4.99. The lowest BCUT2D eigenvalue weighted by atomic mass is 9.69. The van der Waals surface area contributed by atoms with Crippen molar-refractivity contribution in [2.24, 2.45) is 11.8 Å². The van der Waals surface area contributed by atoms with Crippen LogP contribution in [0.1, 0.15) is 32.6 Å². The summed E-state index contributed by atoms with van der Waals surface area (Å²) in [6.45, 7) is 3.46. The minimum absolute atomic E-state index is 0.00864. The molecule has 0 spiro atoms. The van der Waals surface area contributed by atoms with Crippen LogP contribution in [0.5, 0.6) is 11.5 Å². The van der Waals surface area contributed by atoms with E-state index in [2.05, 4.69) is 0 Å². The molecule has 3 rings (SSSR count). The minimum Gasteiger partial charge on any atom is -0.497 e. The number of aliphatic hydroxyl groups is 1. The van der Waals surface area contributed by atoms with Crippen LogP contribution < -0.4 is 9.47 Å². The van der Waals surface area contributed by atoms with Crippen molar-refractivity contribution in [1.29, 1.82) is 0 Å². The van der Waals surface area contributed by atoms with Gasteiger partial charge in [0, 0.05) is 25.1 Å². The predicted octanol–water partition coefficient (Wildman–Crippen LogP) is 2.47. The smallest absolute Gasteiger partial charge is 0.260 e. The first-order valence-electron chi connectivity index (χ1n) is 8.82. The second kappa shape index (κ2) is 7.01. The Labute approximate surface area is 143 Å². The van der Waals surface area contributed by atoms with Crippen LogP contribution in [0.4, 0.5) is 0 Å². The number of hydrogen-bond acceptors (Lipinski definition) is 4. The van der Waals surface area contributed by atoms with Gasteiger partial charge < -0.3 is 19.5 Å². The van der Waals surface area contributed by atoms with E-state index in [-0.39, 0.29) is 18.4 Å². The lowest BCUT2D eigenvalue weighted by Gasteiger charge is -2.40. The standard InChI is InChI=1S/C19H27NO4/c1-3-19(22)9-5-6-14-11-20(12-17(14)19)18(21)13-24-16-8-4-7-15(10-16)23-2/h4,7-8,10,14,17,22H,3,5-6,9,11-13H2,1-2H3/t14-,17+,19-/m0/s1. The van der Waals surface area contributed by atoms with Crippen molar-refractivity contribution in [3.63, 3.8) is 0 Å². The molecule has 24 heavy (non-hydrogen) atoms. The average Bonchev–Trinajstić information content (AvgIpc) is 3.06. The molecule has 5 nitrogen and oxygen atoms in total. The Morgan fingerprint density at radius 2 is 2.17 bits per heavy atom. The lowest BCUT2D eigenvalue weighted by Crippen LogP contribution is -2.44. The molecule has 2 fully saturated rings. The summed E-state index contributed by atoms with van der Waals surface area (Å²) in [6.07, 6.45) is 3.77. The van der Waals surface area contributed by atoms with Crippen molar-refractivity contribution >= 4 is 5.91 Å². The fraction of sp³-hybridized carbons (Fsp3) is 0.632. The van der Waals surface area contributed by atoms with Crippen molar-refractivity contribution in [2.45, 2.75) is 38.2 Å². The van der Waals surface area contributed by atoms with E-state index >= 15 is 0 Å². The molecule has 0 bridgehead atoms. The molecule has 1 aromatic rings. The highest BCUT2D eigenvalue weighted by Gasteiger charge is 2.48. The molecule has 1 saturated carbocycles. The van der Waals surface area contributed by atoms with Crippen molar-refractivity contribution in [2.75, 3.05) is 26.8 Å². The van der Waals surface area contributed by atoms with Gasteiger partial charge in [0.05, 0.1) is 12.7 Å². The van der Waals surface area contributed by atoms with Gasteiger partial charge in [-0.3, -0.25) is 4.79 Å². The first-order chi connectivity index (χ1) is 11.6. The van der Waals surface area contributed by atoms with Crippen LogP contribution in [0.15, 0.2) is 24.3 Å². The van der Waals surface area contributed by atoms with E-state index in [0.29, 0.717) is 24.0 Å². The molecule has 5 heteroatoms. The Morgan fingerprint density at radius 3 is 2.92 bits per heavy atom. The largest absolute Gasteiger partial charge is 0.497 e. The first kappa shape index (κ1) is 17.1. The number of likely N-dealkylation sites (tertiary alicyclic amines) is 1. The third-order valence-electron chi connectivity index (χ3n) is 5.68. The van der Waals surface area contributed by atoms with Gasteiger partial charge in [0.15, 0.2) is 6.61 Å². The highest BCUT2D eigenvalue weighted by molar-refractivity contribution is 5.78. The van der Waals surface area contributed by atoms with Crippen LogP contribution in [0.25, 0.3) is 0 Å². The molecular weight excluding hydrogens is 306 g/mol. The second-order valence-corrected chi connectivity index (χ2v) is 6.98. The molecular formula is C19H27NO4. The summed E-state index contributed by atoms with van der Waals surface area (Å²) in [7, 11) is 1.60. The number of benzene rings is 1. The van der Waals surface area contributed by atoms with Crippen molar-refractivity contribution < 1.29 is 19.4 Å². The number of methoxy groups -OCH3 is 1. The van der Waals surface area contributed by atoms with E-state index in [1.165, 1.54) is 0 Å². The number of ether oxygens (including phenoxy) is 2. The normalized spacial score (nSPS) is 29.2. The molecule has 1 N–H and O–H groups in total. The molecule has 0 aromatic heterocycles. The van der Waals surface area contributed by atoms with Gasteiger partial charge in [-0.05, 0) is 37.3 Å². The van der Waals surface area contributed by atoms with Gasteiger partial charge in [-0.1, -0.05) is 19.4 Å². The van der Waals surface area contributed by atoms with Gasteiger partial charge in [-0.2, -0.15) is 0 Å². The van der Waals surface area contributed by atoms with Crippen LogP contribution >= 0.6 is 0 Å². The fourth-order valence-corrected chi connectivity index (χ4v) is 4.20. The van der Waals surface area contributed by atoms with Gasteiger partial charge in [0.2, 0.25) is 0 Å². The second-order valence-electron chi connectivity index (χ2n) is 6.98. The Bertz CT molecular complexity index is 590. The number of amides is 1. The zero-order valence-electron chi connectivity index (χ0n) is 14.5. The van der Waals surface area contributed by atoms with E-state index in [9.17, 15) is 9.90 Å². The van der Waals surface area contributed by atoms with Crippen LogP contribution in [0.3, 0.4) is 0 Å². The highest BCUT2D eigenvalue weighted by atomic mass is 16.5. The molecule has 1 amide bonds. The van der Waals surface area contributed by atoms with Crippen LogP contribution in [-0.2, 0) is 4.79 Å². The van der Waals surface area contributed by atoms with E-state index in [0.717, 1.165) is 32.2 Å². The first-order valence-corrected chi connectivity index (χ1v) is 8.82. The molecule has 1 aromatic carbocycles. The maximum Gasteiger partial charge on any atom is 0.260 e. The molecule has 1 saturated heterocycles. The third kappa shape index (κ3) is 3.36. The number of fused-ring (bicyclic) bond motifs is 1. The molecule has 1 aliphatic heterocycles. The van der Waals surface area contributed by atoms with Gasteiger partial charge >= 0.3 is 0 Å². The minimum atomic E-state index is -0.606. The maximum atomic E-state index is 12.5. The predicted molar refractivity (Wildman–Crippen MR) is 91.1 cm³/mol. The Morgan fingerprint density at radius 1 is 1.38 bits per heavy atom. The monoisotopic (exact) mass is 333 g/mol. The van der Waals surface area contributed by atoms with Crippen molar-refractivity contribution in [1.82, 2.24) is 4.90 Å². The SMILES string of the molecule is CC[C@]1(O)CCC[C@H]2CN(C(=O)COc3cccc(OC)c3)C[C@H]21. The van der Waals surface area contributed by atoms with Crippen molar-refractivity contribution in [3.05, 3.63) is 24.3 Å². The van der Waals surface area contributed by atoms with Gasteiger partial charge in [-0.25, -0.2) is 0 Å². The topological polar surface area (TPSA) is 59.0 Å². The van der Waals surface area contributed by atoms with E-state index in [1.807, 2.05) is 30.0 Å². The fourth-order valence-electron chi connectivity index (χ4n) is 4.20. The summed E-state index contributed by atoms with van der Waals surface area (Å²) in [6, 6.07) is 7.26. The number of rotatable bonds is 5. The maximum absolute atomic E-state index is 12.5. The van der Waals surface area contributed by atoms with E-state index < -0.39 is 5.60 Å². The molecule has 1 aliphatic carbocycles. The quantitative estimate of drug-likeness (QED) is 0.899. The molecule has 132 valence electrons. The molecule has 1 heterocycles. The summed E-state index contributed by atoms with van der Waals surface area (Å²) in [4.78, 5) is 14.4. The number of hydrogen-bond donors (Lipinski definition) is 1. The average molecular weight is 333 g/mol. The summed E-state index contributed by atoms with van der Waals surface area (Å²) >= 11 is 0. The summed E-state index contributed by atoms with van der Waals surface area (Å²) in [5.74, 6) is 1.96. The van der Waals surface area contributed by atoms with Crippen LogP contribution in [0, 0.1) is 11.8 Å². The van der Waals surface area contributed by atoms with E-state index in [1.54, 1.807) is 13.2 Å². The zero-order chi connectivity index (χ0) is 17.2. The summed E-state index contributed by atoms with van der Waals surface area (Å²) in [5.41, 5.74) is -0.606. The number of nitrogens with zero attached hydrogens (tertiary/aromatic N) is 1. The zero-order valence-corrected chi connectivity index (χ0v) is 14.5. The molecule has 2 aliphatic rings. The molecule has 0 unspecified atom stereocenters. The van der Waals surface area contributed by atoms with E-state index in [4.69, 9.17) is 9.47 Å². The number of carbonyl (C=O) groups is 1. The molecule has 0 radical (unpaired) electrons. The molecule has 3 atom stereocenters. The third-order valence-corrected chi connectivity index (χ3v) is 5.68. The van der Waals surface area contributed by atoms with Crippen molar-refractivity contribution in [3.8, 4) is 11.5 Å². The van der Waals surface area contributed by atoms with Gasteiger partial charge in [0.1, 0.15) is 11.5 Å². The number of carbonyl (C=O) groups excluding carboxylic acids is 1. The van der Waals surface area contributed by atoms with Crippen LogP contribution in [0.2, 0.25) is 0 Å². The lowest BCUT2D eigenvalue weighted by molar-refractivity contribution is -0.132. The Balaban J connectivity index is 1.58. The summed E-state index contributed by atoms with van der Waals surface area (Å²) < 4.78 is 10.8. The van der Waals surface area contributed by atoms with Crippen LogP contribution in [-0.4, -0.2) is 48.3 Å². The van der Waals surface area contributed by atoms with Gasteiger partial charge in [0.25, 0.3) is 5.91 Å². The highest BCUT2D eigenvalue weighted by Crippen LogP contribution is 2.44. The summed E-state index contributed by atoms with van der Waals surface area (Å²) in [5, 5.41) is 10.8. The van der Waals surface area contributed by atoms with Gasteiger partial charge in [-0.15, -0.1) is 0 Å².